The van der Waals surface area contributed by atoms with Crippen molar-refractivity contribution in [3.05, 3.63) is 52.7 Å². The van der Waals surface area contributed by atoms with E-state index in [1.54, 1.807) is 0 Å². The number of thiazole rings is 1. The Morgan fingerprint density at radius 3 is 2.69 bits per heavy atom. The zero-order valence-electron chi connectivity index (χ0n) is 20.4. The molecular formula is C23H21N5O9S2. The fourth-order valence-corrected chi connectivity index (χ4v) is 5.32. The first-order valence-corrected chi connectivity index (χ1v) is 13.0. The number of esters is 3. The molecule has 0 unspecified atom stereocenters. The van der Waals surface area contributed by atoms with Gasteiger partial charge in [0.25, 0.3) is 11.8 Å². The molecule has 0 aliphatic carbocycles. The number of hydrogen-bond donors (Lipinski definition) is 2. The number of aromatic nitrogens is 1. The number of nitrogens with zero attached hydrogens (tertiary/aromatic N) is 3. The van der Waals surface area contributed by atoms with E-state index in [9.17, 15) is 24.0 Å². The molecule has 16 heteroatoms. The highest BCUT2D eigenvalue weighted by molar-refractivity contribution is 8.00. The molecule has 14 nitrogen and oxygen atoms in total. The highest BCUT2D eigenvalue weighted by atomic mass is 32.2. The van der Waals surface area contributed by atoms with Crippen LogP contribution in [0.4, 0.5) is 5.13 Å². The quantitative estimate of drug-likeness (QED) is 0.106. The van der Waals surface area contributed by atoms with Crippen LogP contribution >= 0.6 is 23.1 Å². The Kier molecular flexibility index (Phi) is 8.46. The SMILES string of the molecule is CO/N=C(\C(=O)N[C@@H]1C(=O)N2C(C(=O)OCOC(=O)c3cccc(OC(C)=O)c3)=CCS[C@H]12)c1csc(N)n1. The summed E-state index contributed by atoms with van der Waals surface area (Å²) in [4.78, 5) is 71.6. The lowest BCUT2D eigenvalue weighted by Crippen LogP contribution is -2.70. The summed E-state index contributed by atoms with van der Waals surface area (Å²) in [5, 5.41) is 7.46. The largest absolute Gasteiger partial charge is 0.427 e. The van der Waals surface area contributed by atoms with Crippen LogP contribution in [0.25, 0.3) is 0 Å². The van der Waals surface area contributed by atoms with Crippen LogP contribution in [0.5, 0.6) is 5.75 Å². The molecule has 3 heterocycles. The number of nitrogens with two attached hydrogens (primary N) is 1. The Labute approximate surface area is 229 Å². The average molecular weight is 576 g/mol. The molecule has 204 valence electrons. The maximum Gasteiger partial charge on any atom is 0.357 e. The van der Waals surface area contributed by atoms with E-state index < -0.39 is 47.9 Å². The van der Waals surface area contributed by atoms with Gasteiger partial charge < -0.3 is 30.1 Å². The van der Waals surface area contributed by atoms with Crippen LogP contribution in [0.2, 0.25) is 0 Å². The minimum absolute atomic E-state index is 0.0415. The smallest absolute Gasteiger partial charge is 0.357 e. The zero-order chi connectivity index (χ0) is 28.1. The van der Waals surface area contributed by atoms with Gasteiger partial charge >= 0.3 is 17.9 Å². The number of nitrogen functional groups attached to an aromatic ring is 1. The summed E-state index contributed by atoms with van der Waals surface area (Å²) in [5.74, 6) is -3.00. The van der Waals surface area contributed by atoms with Gasteiger partial charge in [-0.25, -0.2) is 14.6 Å². The Balaban J connectivity index is 1.32. The molecule has 2 aliphatic heterocycles. The number of carbonyl (C=O) groups excluding carboxylic acids is 5. The number of hydrogen-bond acceptors (Lipinski definition) is 14. The van der Waals surface area contributed by atoms with Crippen molar-refractivity contribution in [2.75, 3.05) is 25.4 Å². The van der Waals surface area contributed by atoms with Gasteiger partial charge in [-0.2, -0.15) is 0 Å². The Bertz CT molecular complexity index is 1390. The van der Waals surface area contributed by atoms with E-state index in [1.165, 1.54) is 66.4 Å². The van der Waals surface area contributed by atoms with Gasteiger partial charge in [-0.3, -0.25) is 19.3 Å². The molecule has 2 amide bonds. The van der Waals surface area contributed by atoms with E-state index in [-0.39, 0.29) is 33.5 Å². The lowest BCUT2D eigenvalue weighted by molar-refractivity contribution is -0.156. The first-order chi connectivity index (χ1) is 18.7. The number of amides is 2. The molecule has 2 atom stereocenters. The second-order valence-corrected chi connectivity index (χ2v) is 9.81. The number of fused-ring (bicyclic) bond motifs is 1. The lowest BCUT2D eigenvalue weighted by Gasteiger charge is -2.48. The molecule has 2 aromatic rings. The molecule has 1 aromatic carbocycles. The number of thioether (sulfide) groups is 1. The molecule has 3 N–H and O–H groups in total. The number of carbonyl (C=O) groups is 5. The van der Waals surface area contributed by atoms with Gasteiger partial charge in [0.15, 0.2) is 10.8 Å². The number of anilines is 1. The van der Waals surface area contributed by atoms with Gasteiger partial charge in [-0.05, 0) is 24.3 Å². The van der Waals surface area contributed by atoms with Gasteiger partial charge in [-0.1, -0.05) is 11.2 Å². The normalized spacial score (nSPS) is 18.2. The standard InChI is InChI=1S/C23H21N5O9S2/c1-11(29)37-13-5-3-4-12(8-13)21(32)35-10-36-22(33)15-6-7-38-20-17(19(31)28(15)20)26-18(30)16(27-34-2)14-9-39-23(24)25-14/h3-6,8-9,17,20H,7,10H2,1-2H3,(H2,24,25)(H,26,30)/b27-16-/t17-,20-/m1/s1. The van der Waals surface area contributed by atoms with Crippen LogP contribution in [0.3, 0.4) is 0 Å². The van der Waals surface area contributed by atoms with Crippen molar-refractivity contribution < 1.29 is 43.0 Å². The van der Waals surface area contributed by atoms with Crippen molar-refractivity contribution in [3.63, 3.8) is 0 Å². The van der Waals surface area contributed by atoms with Gasteiger partial charge in [0.2, 0.25) is 6.79 Å². The number of nitrogens with one attached hydrogen (secondary N) is 1. The summed E-state index contributed by atoms with van der Waals surface area (Å²) in [7, 11) is 1.26. The Morgan fingerprint density at radius 1 is 1.23 bits per heavy atom. The molecule has 0 saturated carbocycles. The van der Waals surface area contributed by atoms with Crippen molar-refractivity contribution in [2.24, 2.45) is 5.16 Å². The van der Waals surface area contributed by atoms with Crippen molar-refractivity contribution in [1.82, 2.24) is 15.2 Å². The monoisotopic (exact) mass is 575 g/mol. The number of β-lactam (4-membered cyclic amide) rings is 1. The zero-order valence-corrected chi connectivity index (χ0v) is 22.1. The molecule has 1 fully saturated rings. The van der Waals surface area contributed by atoms with Crippen molar-refractivity contribution in [1.29, 1.82) is 0 Å². The number of benzene rings is 1. The van der Waals surface area contributed by atoms with Gasteiger partial charge in [-0.15, -0.1) is 23.1 Å². The number of oxime groups is 1. The molecule has 39 heavy (non-hydrogen) atoms. The van der Waals surface area contributed by atoms with E-state index in [0.717, 1.165) is 11.3 Å². The summed E-state index contributed by atoms with van der Waals surface area (Å²) in [5.41, 5.74) is 5.69. The first-order valence-electron chi connectivity index (χ1n) is 11.1. The summed E-state index contributed by atoms with van der Waals surface area (Å²) < 4.78 is 14.9. The minimum Gasteiger partial charge on any atom is -0.427 e. The van der Waals surface area contributed by atoms with Crippen LogP contribution in [0.15, 0.2) is 46.6 Å². The second-order valence-electron chi connectivity index (χ2n) is 7.77. The van der Waals surface area contributed by atoms with E-state index in [4.69, 9.17) is 24.8 Å². The van der Waals surface area contributed by atoms with E-state index in [0.29, 0.717) is 5.75 Å². The lowest BCUT2D eigenvalue weighted by atomic mass is 10.0. The fourth-order valence-electron chi connectivity index (χ4n) is 3.58. The molecule has 0 bridgehead atoms. The summed E-state index contributed by atoms with van der Waals surface area (Å²) in [6.07, 6.45) is 1.50. The van der Waals surface area contributed by atoms with Crippen molar-refractivity contribution in [3.8, 4) is 5.75 Å². The highest BCUT2D eigenvalue weighted by Gasteiger charge is 2.53. The number of rotatable bonds is 9. The first kappa shape index (κ1) is 27.6. The third-order valence-corrected chi connectivity index (χ3v) is 7.07. The van der Waals surface area contributed by atoms with Crippen LogP contribution in [0, 0.1) is 0 Å². The van der Waals surface area contributed by atoms with Crippen LogP contribution in [-0.4, -0.2) is 76.4 Å². The van der Waals surface area contributed by atoms with Crippen molar-refractivity contribution >= 4 is 63.7 Å². The van der Waals surface area contributed by atoms with Gasteiger partial charge in [0.05, 0.1) is 5.56 Å². The maximum atomic E-state index is 12.9. The summed E-state index contributed by atoms with van der Waals surface area (Å²) in [6.45, 7) is 0.499. The molecular weight excluding hydrogens is 554 g/mol. The van der Waals surface area contributed by atoms with Crippen LogP contribution in [0.1, 0.15) is 23.0 Å². The minimum atomic E-state index is -0.945. The molecule has 1 saturated heterocycles. The van der Waals surface area contributed by atoms with Crippen LogP contribution < -0.4 is 15.8 Å². The Hall–Kier alpha value is -4.44. The molecule has 1 aromatic heterocycles. The molecule has 2 aliphatic rings. The van der Waals surface area contributed by atoms with Crippen LogP contribution in [-0.2, 0) is 33.5 Å². The summed E-state index contributed by atoms with van der Waals surface area (Å²) in [6, 6.07) is 4.77. The molecule has 0 radical (unpaired) electrons. The fraction of sp³-hybridized carbons (Fsp3) is 0.261. The third kappa shape index (κ3) is 6.18. The third-order valence-electron chi connectivity index (χ3n) is 5.22. The number of ether oxygens (including phenoxy) is 3. The van der Waals surface area contributed by atoms with Gasteiger partial charge in [0, 0.05) is 18.1 Å². The van der Waals surface area contributed by atoms with E-state index in [2.05, 4.69) is 15.5 Å². The average Bonchev–Trinajstić information content (AvgIpc) is 3.34. The topological polar surface area (TPSA) is 189 Å². The maximum absolute atomic E-state index is 12.9. The molecule has 0 spiro atoms. The van der Waals surface area contributed by atoms with E-state index in [1.807, 2.05) is 0 Å². The predicted molar refractivity (Wildman–Crippen MR) is 137 cm³/mol. The summed E-state index contributed by atoms with van der Waals surface area (Å²) >= 11 is 2.43. The predicted octanol–water partition coefficient (Wildman–Crippen LogP) is 0.643. The Morgan fingerprint density at radius 2 is 2.00 bits per heavy atom. The van der Waals surface area contributed by atoms with Gasteiger partial charge in [0.1, 0.15) is 35.7 Å². The van der Waals surface area contributed by atoms with E-state index >= 15 is 0 Å². The van der Waals surface area contributed by atoms with Crippen molar-refractivity contribution in [2.45, 2.75) is 18.3 Å². The second kappa shape index (κ2) is 12.0. The molecule has 4 rings (SSSR count). The highest BCUT2D eigenvalue weighted by Crippen LogP contribution is 2.37.